The molecule has 0 N–H and O–H groups in total. The van der Waals surface area contributed by atoms with Gasteiger partial charge in [0.2, 0.25) is 0 Å². The van der Waals surface area contributed by atoms with E-state index in [4.69, 9.17) is 0 Å². The molecule has 0 heterocycles. The molecule has 6 rings (SSSR count). The highest BCUT2D eigenvalue weighted by Crippen LogP contribution is 2.40. The van der Waals surface area contributed by atoms with Gasteiger partial charge >= 0.3 is 0 Å². The van der Waals surface area contributed by atoms with Crippen molar-refractivity contribution in [2.45, 2.75) is 13.8 Å². The molecule has 0 bridgehead atoms. The van der Waals surface area contributed by atoms with E-state index in [2.05, 4.69) is 98.8 Å². The third kappa shape index (κ3) is 2.00. The molecule has 0 fully saturated rings. The molecule has 6 aromatic carbocycles. The molecule has 0 saturated heterocycles. The molecular formula is C28H20. The first-order valence-corrected chi connectivity index (χ1v) is 9.88. The molecule has 0 saturated carbocycles. The van der Waals surface area contributed by atoms with Crippen LogP contribution in [0.5, 0.6) is 0 Å². The van der Waals surface area contributed by atoms with Crippen LogP contribution in [0.15, 0.2) is 84.9 Å². The smallest absolute Gasteiger partial charge is 0.00143 e. The Kier molecular flexibility index (Phi) is 3.11. The quantitative estimate of drug-likeness (QED) is 0.241. The van der Waals surface area contributed by atoms with E-state index in [0.717, 1.165) is 0 Å². The lowest BCUT2D eigenvalue weighted by atomic mass is 9.88. The number of aryl methyl sites for hydroxylation is 2. The maximum absolute atomic E-state index is 2.36. The Balaban J connectivity index is 2.03. The summed E-state index contributed by atoms with van der Waals surface area (Å²) in [5.74, 6) is 0. The molecule has 0 aliphatic carbocycles. The van der Waals surface area contributed by atoms with Crippen LogP contribution in [-0.2, 0) is 0 Å². The van der Waals surface area contributed by atoms with E-state index in [0.29, 0.717) is 0 Å². The molecule has 0 aliphatic rings. The largest absolute Gasteiger partial charge is 0.0616 e. The summed E-state index contributed by atoms with van der Waals surface area (Å²) in [7, 11) is 0. The number of benzene rings is 6. The monoisotopic (exact) mass is 356 g/mol. The second-order valence-corrected chi connectivity index (χ2v) is 7.90. The van der Waals surface area contributed by atoms with Crippen molar-refractivity contribution in [2.75, 3.05) is 0 Å². The lowest BCUT2D eigenvalue weighted by Crippen LogP contribution is -1.89. The Bertz CT molecular complexity index is 1560. The molecule has 0 nitrogen and oxygen atoms in total. The lowest BCUT2D eigenvalue weighted by Gasteiger charge is -2.15. The SMILES string of the molecule is Cc1cccc2c1c(C)cc1ccc3ccc4ccc5ccccc5c4c3c12. The third-order valence-electron chi connectivity index (χ3n) is 6.23. The Morgan fingerprint density at radius 3 is 1.82 bits per heavy atom. The second-order valence-electron chi connectivity index (χ2n) is 7.90. The van der Waals surface area contributed by atoms with Crippen LogP contribution in [0.25, 0.3) is 53.9 Å². The van der Waals surface area contributed by atoms with Crippen molar-refractivity contribution in [1.82, 2.24) is 0 Å². The van der Waals surface area contributed by atoms with Crippen molar-refractivity contribution in [3.63, 3.8) is 0 Å². The van der Waals surface area contributed by atoms with E-state index in [1.165, 1.54) is 65.0 Å². The zero-order valence-corrected chi connectivity index (χ0v) is 16.1. The Labute approximate surface area is 164 Å². The van der Waals surface area contributed by atoms with Gasteiger partial charge in [0.05, 0.1) is 0 Å². The molecule has 28 heavy (non-hydrogen) atoms. The number of rotatable bonds is 0. The first-order chi connectivity index (χ1) is 13.7. The van der Waals surface area contributed by atoms with Gasteiger partial charge in [0.15, 0.2) is 0 Å². The summed E-state index contributed by atoms with van der Waals surface area (Å²) in [5, 5.41) is 13.4. The molecule has 0 spiro atoms. The van der Waals surface area contributed by atoms with E-state index in [9.17, 15) is 0 Å². The van der Waals surface area contributed by atoms with Gasteiger partial charge in [0.1, 0.15) is 0 Å². The highest BCUT2D eigenvalue weighted by molar-refractivity contribution is 6.32. The minimum Gasteiger partial charge on any atom is -0.0616 e. The summed E-state index contributed by atoms with van der Waals surface area (Å²) in [4.78, 5) is 0. The van der Waals surface area contributed by atoms with Crippen molar-refractivity contribution < 1.29 is 0 Å². The zero-order chi connectivity index (χ0) is 18.8. The van der Waals surface area contributed by atoms with E-state index in [-0.39, 0.29) is 0 Å². The van der Waals surface area contributed by atoms with Crippen LogP contribution in [0.1, 0.15) is 11.1 Å². The fourth-order valence-electron chi connectivity index (χ4n) is 5.04. The molecule has 0 aliphatic heterocycles. The molecule has 132 valence electrons. The first-order valence-electron chi connectivity index (χ1n) is 9.88. The second kappa shape index (κ2) is 5.56. The normalized spacial score (nSPS) is 11.9. The topological polar surface area (TPSA) is 0 Å². The van der Waals surface area contributed by atoms with Gasteiger partial charge in [0.25, 0.3) is 0 Å². The van der Waals surface area contributed by atoms with Crippen LogP contribution in [0.4, 0.5) is 0 Å². The van der Waals surface area contributed by atoms with Crippen molar-refractivity contribution in [3.05, 3.63) is 96.1 Å². The predicted octanol–water partition coefficient (Wildman–Crippen LogP) is 8.07. The van der Waals surface area contributed by atoms with Crippen molar-refractivity contribution in [1.29, 1.82) is 0 Å². The van der Waals surface area contributed by atoms with Gasteiger partial charge in [-0.15, -0.1) is 0 Å². The third-order valence-corrected chi connectivity index (χ3v) is 6.23. The molecule has 0 unspecified atom stereocenters. The minimum atomic E-state index is 1.30. The Morgan fingerprint density at radius 2 is 1.00 bits per heavy atom. The van der Waals surface area contributed by atoms with Crippen molar-refractivity contribution in [2.24, 2.45) is 0 Å². The van der Waals surface area contributed by atoms with Gasteiger partial charge in [-0.25, -0.2) is 0 Å². The van der Waals surface area contributed by atoms with Gasteiger partial charge in [0, 0.05) is 0 Å². The maximum Gasteiger partial charge on any atom is -0.00143 e. The number of hydrogen-bond acceptors (Lipinski definition) is 0. The Morgan fingerprint density at radius 1 is 0.393 bits per heavy atom. The summed E-state index contributed by atoms with van der Waals surface area (Å²) in [6.07, 6.45) is 0. The molecular weight excluding hydrogens is 336 g/mol. The standard InChI is InChI=1S/C28H20/c1-17-6-5-9-24-25(17)18(2)16-22-15-14-21-13-12-20-11-10-19-7-3-4-8-23(19)26(20)28(21)27(22)24/h3-16H,1-2H3. The summed E-state index contributed by atoms with van der Waals surface area (Å²) in [6.45, 7) is 4.46. The van der Waals surface area contributed by atoms with Gasteiger partial charge in [-0.1, -0.05) is 84.9 Å². The number of hydrogen-bond donors (Lipinski definition) is 0. The average Bonchev–Trinajstić information content (AvgIpc) is 2.72. The van der Waals surface area contributed by atoms with Crippen LogP contribution in [-0.4, -0.2) is 0 Å². The fourth-order valence-corrected chi connectivity index (χ4v) is 5.04. The molecule has 0 heteroatoms. The molecule has 0 atom stereocenters. The summed E-state index contributed by atoms with van der Waals surface area (Å²) >= 11 is 0. The minimum absolute atomic E-state index is 1.30. The predicted molar refractivity (Wildman–Crippen MR) is 123 cm³/mol. The molecule has 0 aromatic heterocycles. The van der Waals surface area contributed by atoms with E-state index in [1.807, 2.05) is 0 Å². The van der Waals surface area contributed by atoms with E-state index >= 15 is 0 Å². The molecule has 0 radical (unpaired) electrons. The van der Waals surface area contributed by atoms with E-state index in [1.54, 1.807) is 0 Å². The van der Waals surface area contributed by atoms with E-state index < -0.39 is 0 Å². The van der Waals surface area contributed by atoms with Gasteiger partial charge in [-0.2, -0.15) is 0 Å². The van der Waals surface area contributed by atoms with Crippen LogP contribution < -0.4 is 0 Å². The molecule has 0 amide bonds. The van der Waals surface area contributed by atoms with Crippen LogP contribution in [0.3, 0.4) is 0 Å². The zero-order valence-electron chi connectivity index (χ0n) is 16.1. The Hall–Kier alpha value is -3.38. The first kappa shape index (κ1) is 15.7. The number of fused-ring (bicyclic) bond motifs is 9. The lowest BCUT2D eigenvalue weighted by molar-refractivity contribution is 1.48. The van der Waals surface area contributed by atoms with Crippen LogP contribution in [0.2, 0.25) is 0 Å². The summed E-state index contributed by atoms with van der Waals surface area (Å²) in [6, 6.07) is 31.4. The van der Waals surface area contributed by atoms with Gasteiger partial charge in [-0.3, -0.25) is 0 Å². The van der Waals surface area contributed by atoms with Crippen LogP contribution in [0, 0.1) is 13.8 Å². The maximum atomic E-state index is 2.36. The summed E-state index contributed by atoms with van der Waals surface area (Å²) < 4.78 is 0. The highest BCUT2D eigenvalue weighted by Gasteiger charge is 2.13. The van der Waals surface area contributed by atoms with Gasteiger partial charge < -0.3 is 0 Å². The van der Waals surface area contributed by atoms with Gasteiger partial charge in [-0.05, 0) is 78.8 Å². The average molecular weight is 356 g/mol. The van der Waals surface area contributed by atoms with Crippen LogP contribution >= 0.6 is 0 Å². The molecule has 6 aromatic rings. The van der Waals surface area contributed by atoms with Crippen molar-refractivity contribution >= 4 is 53.9 Å². The fraction of sp³-hybridized carbons (Fsp3) is 0.0714. The highest BCUT2D eigenvalue weighted by atomic mass is 14.2. The summed E-state index contributed by atoms with van der Waals surface area (Å²) in [5.41, 5.74) is 2.70. The van der Waals surface area contributed by atoms with Crippen molar-refractivity contribution in [3.8, 4) is 0 Å².